The van der Waals surface area contributed by atoms with Crippen molar-refractivity contribution in [2.75, 3.05) is 23.8 Å². The molecular weight excluding hydrogens is 478 g/mol. The number of carbonyl (C=O) groups is 2. The number of ether oxygens (including phenoxy) is 2. The van der Waals surface area contributed by atoms with Gasteiger partial charge in [-0.2, -0.15) is 5.26 Å². The molecule has 0 heterocycles. The monoisotopic (exact) mass is 503 g/mol. The highest BCUT2D eigenvalue weighted by molar-refractivity contribution is 6.30. The van der Waals surface area contributed by atoms with Gasteiger partial charge in [-0.1, -0.05) is 23.7 Å². The van der Waals surface area contributed by atoms with Gasteiger partial charge < -0.3 is 20.1 Å². The summed E-state index contributed by atoms with van der Waals surface area (Å²) in [5, 5.41) is 15.5. The quantitative estimate of drug-likeness (QED) is 0.279. The molecule has 3 aromatic rings. The zero-order chi connectivity index (χ0) is 26.1. The van der Waals surface area contributed by atoms with Crippen molar-refractivity contribution in [1.29, 1.82) is 5.26 Å². The lowest BCUT2D eigenvalue weighted by molar-refractivity contribution is -0.118. The number of hydrogen-bond donors (Lipinski definition) is 2. The molecule has 0 atom stereocenters. The van der Waals surface area contributed by atoms with Crippen LogP contribution in [0.2, 0.25) is 5.02 Å². The van der Waals surface area contributed by atoms with Crippen molar-refractivity contribution in [1.82, 2.24) is 0 Å². The molecule has 36 heavy (non-hydrogen) atoms. The molecule has 3 rings (SSSR count). The summed E-state index contributed by atoms with van der Waals surface area (Å²) < 4.78 is 11.1. The number of hydrogen-bond acceptors (Lipinski definition) is 5. The van der Waals surface area contributed by atoms with Crippen LogP contribution < -0.4 is 20.1 Å². The topological polar surface area (TPSA) is 100 Å². The van der Waals surface area contributed by atoms with Gasteiger partial charge in [-0.3, -0.25) is 9.59 Å². The Hall–Kier alpha value is -4.28. The van der Waals surface area contributed by atoms with Crippen LogP contribution in [0.15, 0.2) is 66.2 Å². The molecule has 0 saturated carbocycles. The van der Waals surface area contributed by atoms with Crippen molar-refractivity contribution in [3.05, 3.63) is 87.9 Å². The summed E-state index contributed by atoms with van der Waals surface area (Å²) in [5.41, 5.74) is 3.48. The van der Waals surface area contributed by atoms with Crippen LogP contribution in [0.4, 0.5) is 11.4 Å². The van der Waals surface area contributed by atoms with E-state index in [-0.39, 0.29) is 18.1 Å². The lowest BCUT2D eigenvalue weighted by Gasteiger charge is -2.13. The average Bonchev–Trinajstić information content (AvgIpc) is 2.86. The number of rotatable bonds is 9. The van der Waals surface area contributed by atoms with Crippen LogP contribution >= 0.6 is 11.6 Å². The summed E-state index contributed by atoms with van der Waals surface area (Å²) in [6, 6.07) is 19.1. The molecule has 0 spiro atoms. The highest BCUT2D eigenvalue weighted by Crippen LogP contribution is 2.26. The van der Waals surface area contributed by atoms with E-state index < -0.39 is 5.91 Å². The zero-order valence-corrected chi connectivity index (χ0v) is 21.0. The molecule has 0 bridgehead atoms. The second-order valence-corrected chi connectivity index (χ2v) is 8.28. The minimum atomic E-state index is -0.597. The Kier molecular flexibility index (Phi) is 9.09. The van der Waals surface area contributed by atoms with E-state index in [2.05, 4.69) is 10.6 Å². The molecule has 0 aromatic heterocycles. The fourth-order valence-corrected chi connectivity index (χ4v) is 3.46. The molecule has 0 unspecified atom stereocenters. The molecule has 0 saturated heterocycles. The highest BCUT2D eigenvalue weighted by atomic mass is 35.5. The van der Waals surface area contributed by atoms with Crippen LogP contribution in [0.5, 0.6) is 11.5 Å². The zero-order valence-electron chi connectivity index (χ0n) is 20.2. The van der Waals surface area contributed by atoms with E-state index in [1.54, 1.807) is 42.5 Å². The SMILES string of the molecule is CCOc1ccc(NC(=O)/C(C#N)=C/c2cc(Cl)ccc2OCC(=O)Nc2cccc(C)c2C)cc1. The Labute approximate surface area is 215 Å². The van der Waals surface area contributed by atoms with Crippen LogP contribution in [0, 0.1) is 25.2 Å². The Bertz CT molecular complexity index is 1330. The standard InChI is InChI=1S/C28H26ClN3O4/c1-4-35-24-11-9-23(10-12-24)31-28(34)21(16-30)14-20-15-22(29)8-13-26(20)36-17-27(33)32-25-7-5-6-18(2)19(25)3/h5-15H,4,17H2,1-3H3,(H,31,34)(H,32,33)/b21-14+. The first-order chi connectivity index (χ1) is 17.3. The molecule has 0 aliphatic carbocycles. The number of nitrogens with one attached hydrogen (secondary N) is 2. The number of halogens is 1. The molecule has 2 N–H and O–H groups in total. The van der Waals surface area contributed by atoms with Crippen molar-refractivity contribution in [3.8, 4) is 17.6 Å². The van der Waals surface area contributed by atoms with Crippen molar-refractivity contribution >= 4 is 40.9 Å². The summed E-state index contributed by atoms with van der Waals surface area (Å²) >= 11 is 6.14. The Morgan fingerprint density at radius 2 is 1.78 bits per heavy atom. The van der Waals surface area contributed by atoms with Gasteiger partial charge in [-0.25, -0.2) is 0 Å². The molecule has 8 heteroatoms. The van der Waals surface area contributed by atoms with Crippen LogP contribution in [0.1, 0.15) is 23.6 Å². The maximum atomic E-state index is 12.7. The molecule has 0 fully saturated rings. The van der Waals surface area contributed by atoms with Gasteiger partial charge in [0.05, 0.1) is 6.61 Å². The molecule has 0 aliphatic rings. The van der Waals surface area contributed by atoms with E-state index in [0.29, 0.717) is 40.1 Å². The van der Waals surface area contributed by atoms with Gasteiger partial charge in [0, 0.05) is 22.0 Å². The first kappa shape index (κ1) is 26.3. The average molecular weight is 504 g/mol. The fraction of sp³-hybridized carbons (Fsp3) is 0.179. The molecule has 7 nitrogen and oxygen atoms in total. The second kappa shape index (κ2) is 12.4. The van der Waals surface area contributed by atoms with Gasteiger partial charge in [0.25, 0.3) is 11.8 Å². The molecule has 184 valence electrons. The van der Waals surface area contributed by atoms with Gasteiger partial charge in [-0.15, -0.1) is 0 Å². The third kappa shape index (κ3) is 7.11. The summed E-state index contributed by atoms with van der Waals surface area (Å²) in [7, 11) is 0. The summed E-state index contributed by atoms with van der Waals surface area (Å²) in [5.74, 6) is 0.0357. The third-order valence-corrected chi connectivity index (χ3v) is 5.53. The van der Waals surface area contributed by atoms with E-state index in [4.69, 9.17) is 21.1 Å². The molecule has 0 radical (unpaired) electrons. The number of nitriles is 1. The molecule has 0 aliphatic heterocycles. The van der Waals surface area contributed by atoms with Crippen molar-refractivity contribution < 1.29 is 19.1 Å². The normalized spacial score (nSPS) is 10.8. The minimum Gasteiger partial charge on any atom is -0.494 e. The Morgan fingerprint density at radius 1 is 1.03 bits per heavy atom. The number of benzene rings is 3. The van der Waals surface area contributed by atoms with Gasteiger partial charge >= 0.3 is 0 Å². The van der Waals surface area contributed by atoms with Gasteiger partial charge in [0.1, 0.15) is 23.1 Å². The van der Waals surface area contributed by atoms with Crippen LogP contribution in [0.25, 0.3) is 6.08 Å². The van der Waals surface area contributed by atoms with Crippen LogP contribution in [-0.4, -0.2) is 25.0 Å². The van der Waals surface area contributed by atoms with E-state index in [1.165, 1.54) is 6.08 Å². The minimum absolute atomic E-state index is 0.157. The number of anilines is 2. The molecule has 2 amide bonds. The summed E-state index contributed by atoms with van der Waals surface area (Å²) in [6.45, 7) is 6.04. The Morgan fingerprint density at radius 3 is 2.47 bits per heavy atom. The van der Waals surface area contributed by atoms with Crippen molar-refractivity contribution in [2.24, 2.45) is 0 Å². The Balaban J connectivity index is 1.73. The summed E-state index contributed by atoms with van der Waals surface area (Å²) in [6.07, 6.45) is 1.37. The van der Waals surface area contributed by atoms with E-state index in [0.717, 1.165) is 11.1 Å². The molecular formula is C28H26ClN3O4. The van der Waals surface area contributed by atoms with Gasteiger partial charge in [0.2, 0.25) is 0 Å². The summed E-state index contributed by atoms with van der Waals surface area (Å²) in [4.78, 5) is 25.2. The van der Waals surface area contributed by atoms with Crippen LogP contribution in [-0.2, 0) is 9.59 Å². The number of nitrogens with zero attached hydrogens (tertiary/aromatic N) is 1. The number of aryl methyl sites for hydroxylation is 1. The van der Waals surface area contributed by atoms with Crippen molar-refractivity contribution in [3.63, 3.8) is 0 Å². The first-order valence-electron chi connectivity index (χ1n) is 11.2. The van der Waals surface area contributed by atoms with E-state index in [1.807, 2.05) is 45.0 Å². The van der Waals surface area contributed by atoms with Gasteiger partial charge in [-0.05, 0) is 86.5 Å². The first-order valence-corrected chi connectivity index (χ1v) is 11.6. The lowest BCUT2D eigenvalue weighted by Crippen LogP contribution is -2.21. The fourth-order valence-electron chi connectivity index (χ4n) is 3.28. The number of carbonyl (C=O) groups excluding carboxylic acids is 2. The van der Waals surface area contributed by atoms with Crippen LogP contribution in [0.3, 0.4) is 0 Å². The van der Waals surface area contributed by atoms with E-state index in [9.17, 15) is 14.9 Å². The predicted molar refractivity (Wildman–Crippen MR) is 141 cm³/mol. The van der Waals surface area contributed by atoms with E-state index >= 15 is 0 Å². The second-order valence-electron chi connectivity index (χ2n) is 7.85. The smallest absolute Gasteiger partial charge is 0.266 e. The highest BCUT2D eigenvalue weighted by Gasteiger charge is 2.14. The predicted octanol–water partition coefficient (Wildman–Crippen LogP) is 5.92. The van der Waals surface area contributed by atoms with Gasteiger partial charge in [0.15, 0.2) is 6.61 Å². The van der Waals surface area contributed by atoms with Crippen molar-refractivity contribution in [2.45, 2.75) is 20.8 Å². The third-order valence-electron chi connectivity index (χ3n) is 5.30. The largest absolute Gasteiger partial charge is 0.494 e. The maximum absolute atomic E-state index is 12.7. The maximum Gasteiger partial charge on any atom is 0.266 e. The lowest BCUT2D eigenvalue weighted by atomic mass is 10.1. The number of amides is 2. The molecule has 3 aromatic carbocycles.